The second kappa shape index (κ2) is 8.06. The zero-order valence-corrected chi connectivity index (χ0v) is 14.4. The minimum atomic E-state index is -1.01. The van der Waals surface area contributed by atoms with Crippen molar-refractivity contribution in [2.75, 3.05) is 7.11 Å². The summed E-state index contributed by atoms with van der Waals surface area (Å²) in [5.74, 6) is -0.476. The number of benzene rings is 1. The predicted molar refractivity (Wildman–Crippen MR) is 87.1 cm³/mol. The van der Waals surface area contributed by atoms with Gasteiger partial charge in [-0.25, -0.2) is 4.79 Å². The van der Waals surface area contributed by atoms with E-state index in [9.17, 15) is 9.59 Å². The molecule has 1 amide bonds. The maximum absolute atomic E-state index is 11.8. The predicted octanol–water partition coefficient (Wildman–Crippen LogP) is 3.26. The zero-order chi connectivity index (χ0) is 17.6. The molecule has 6 nitrogen and oxygen atoms in total. The van der Waals surface area contributed by atoms with Crippen molar-refractivity contribution in [2.45, 2.75) is 45.3 Å². The minimum Gasteiger partial charge on any atom is -0.495 e. The Labute approximate surface area is 140 Å². The van der Waals surface area contributed by atoms with Gasteiger partial charge in [0.2, 0.25) is 0 Å². The lowest BCUT2D eigenvalue weighted by atomic mass is 10.0. The Hall–Kier alpha value is -1.95. The Bertz CT molecular complexity index is 568. The fourth-order valence-electron chi connectivity index (χ4n) is 1.98. The van der Waals surface area contributed by atoms with Crippen molar-refractivity contribution in [1.29, 1.82) is 0 Å². The van der Waals surface area contributed by atoms with Crippen molar-refractivity contribution >= 4 is 23.7 Å². The van der Waals surface area contributed by atoms with Crippen LogP contribution in [0.4, 0.5) is 4.79 Å². The number of hydrogen-bond donors (Lipinski definition) is 2. The van der Waals surface area contributed by atoms with Crippen LogP contribution in [0.5, 0.6) is 5.75 Å². The first-order valence-corrected chi connectivity index (χ1v) is 7.52. The van der Waals surface area contributed by atoms with Crippen LogP contribution in [0, 0.1) is 0 Å². The topological polar surface area (TPSA) is 84.9 Å². The first-order valence-electron chi connectivity index (χ1n) is 7.14. The largest absolute Gasteiger partial charge is 0.495 e. The van der Waals surface area contributed by atoms with Gasteiger partial charge in [-0.3, -0.25) is 4.79 Å². The highest BCUT2D eigenvalue weighted by atomic mass is 35.5. The summed E-state index contributed by atoms with van der Waals surface area (Å²) < 4.78 is 10.2. The first kappa shape index (κ1) is 19.1. The normalized spacial score (nSPS) is 12.4. The molecule has 2 N–H and O–H groups in total. The molecule has 0 saturated heterocycles. The molecule has 128 valence electrons. The summed E-state index contributed by atoms with van der Waals surface area (Å²) in [6.07, 6.45) is -0.554. The van der Waals surface area contributed by atoms with Gasteiger partial charge in [-0.1, -0.05) is 17.7 Å². The lowest BCUT2D eigenvalue weighted by Gasteiger charge is -2.23. The standard InChI is InChI=1S/C16H22ClNO5/c1-16(2,3)23-15(21)18-11(9-14(19)20)7-10-5-6-13(22-4)12(17)8-10/h5-6,8,11H,7,9H2,1-4H3,(H,18,21)(H,19,20)/t11-/m1/s1. The minimum absolute atomic E-state index is 0.219. The number of rotatable bonds is 6. The number of ether oxygens (including phenoxy) is 2. The third-order valence-corrected chi connectivity index (χ3v) is 3.14. The molecule has 0 aromatic heterocycles. The fraction of sp³-hybridized carbons (Fsp3) is 0.500. The Morgan fingerprint density at radius 2 is 2.00 bits per heavy atom. The van der Waals surface area contributed by atoms with E-state index in [4.69, 9.17) is 26.2 Å². The quantitative estimate of drug-likeness (QED) is 0.828. The molecule has 0 unspecified atom stereocenters. The van der Waals surface area contributed by atoms with E-state index >= 15 is 0 Å². The third kappa shape index (κ3) is 7.23. The van der Waals surface area contributed by atoms with Crippen molar-refractivity contribution in [3.63, 3.8) is 0 Å². The number of methoxy groups -OCH3 is 1. The molecular weight excluding hydrogens is 322 g/mol. The Morgan fingerprint density at radius 1 is 1.35 bits per heavy atom. The second-order valence-electron chi connectivity index (χ2n) is 6.11. The van der Waals surface area contributed by atoms with E-state index in [2.05, 4.69) is 5.32 Å². The molecule has 1 aromatic rings. The van der Waals surface area contributed by atoms with Crippen LogP contribution in [0.15, 0.2) is 18.2 Å². The van der Waals surface area contributed by atoms with Gasteiger partial charge in [0.1, 0.15) is 11.4 Å². The number of carbonyl (C=O) groups is 2. The van der Waals surface area contributed by atoms with Crippen LogP contribution in [0.2, 0.25) is 5.02 Å². The highest BCUT2D eigenvalue weighted by molar-refractivity contribution is 6.32. The summed E-state index contributed by atoms with van der Waals surface area (Å²) in [5, 5.41) is 12.0. The Kier molecular flexibility index (Phi) is 6.69. The molecule has 0 radical (unpaired) electrons. The molecule has 0 aliphatic rings. The molecule has 0 bridgehead atoms. The summed E-state index contributed by atoms with van der Waals surface area (Å²) in [6, 6.07) is 4.55. The molecule has 7 heteroatoms. The second-order valence-corrected chi connectivity index (χ2v) is 6.52. The maximum Gasteiger partial charge on any atom is 0.407 e. The number of alkyl carbamates (subject to hydrolysis) is 1. The lowest BCUT2D eigenvalue weighted by molar-refractivity contribution is -0.137. The van der Waals surface area contributed by atoms with Crippen molar-refractivity contribution in [2.24, 2.45) is 0 Å². The SMILES string of the molecule is COc1ccc(C[C@H](CC(=O)O)NC(=O)OC(C)(C)C)cc1Cl. The van der Waals surface area contributed by atoms with Crippen molar-refractivity contribution in [3.8, 4) is 5.75 Å². The van der Waals surface area contributed by atoms with Crippen LogP contribution in [0.3, 0.4) is 0 Å². The molecule has 1 atom stereocenters. The summed E-state index contributed by atoms with van der Waals surface area (Å²) >= 11 is 6.06. The average Bonchev–Trinajstić information content (AvgIpc) is 2.35. The molecule has 1 rings (SSSR count). The summed E-state index contributed by atoms with van der Waals surface area (Å²) in [5.41, 5.74) is 0.138. The van der Waals surface area contributed by atoms with E-state index in [1.807, 2.05) is 0 Å². The van der Waals surface area contributed by atoms with Gasteiger partial charge in [0.25, 0.3) is 0 Å². The molecule has 1 aromatic carbocycles. The van der Waals surface area contributed by atoms with Crippen LogP contribution in [0.25, 0.3) is 0 Å². The Balaban J connectivity index is 2.80. The van der Waals surface area contributed by atoms with E-state index in [-0.39, 0.29) is 6.42 Å². The number of aliphatic carboxylic acids is 1. The number of nitrogens with one attached hydrogen (secondary N) is 1. The first-order chi connectivity index (χ1) is 10.6. The molecule has 0 fully saturated rings. The van der Waals surface area contributed by atoms with Gasteiger partial charge < -0.3 is 19.9 Å². The van der Waals surface area contributed by atoms with E-state index in [0.717, 1.165) is 5.56 Å². The molecule has 0 aliphatic carbocycles. The summed E-state index contributed by atoms with van der Waals surface area (Å²) in [4.78, 5) is 22.8. The van der Waals surface area contributed by atoms with Gasteiger partial charge in [0.05, 0.1) is 18.6 Å². The smallest absolute Gasteiger partial charge is 0.407 e. The van der Waals surface area contributed by atoms with Gasteiger partial charge >= 0.3 is 12.1 Å². The van der Waals surface area contributed by atoms with E-state index < -0.39 is 23.7 Å². The van der Waals surface area contributed by atoms with E-state index in [1.54, 1.807) is 39.0 Å². The molecule has 0 aliphatic heterocycles. The molecule has 0 heterocycles. The van der Waals surface area contributed by atoms with Gasteiger partial charge in [-0.15, -0.1) is 0 Å². The lowest BCUT2D eigenvalue weighted by Crippen LogP contribution is -2.41. The van der Waals surface area contributed by atoms with Crippen molar-refractivity contribution < 1.29 is 24.2 Å². The molecule has 23 heavy (non-hydrogen) atoms. The van der Waals surface area contributed by atoms with Crippen molar-refractivity contribution in [1.82, 2.24) is 5.32 Å². The average molecular weight is 344 g/mol. The zero-order valence-electron chi connectivity index (χ0n) is 13.7. The maximum atomic E-state index is 11.8. The highest BCUT2D eigenvalue weighted by Crippen LogP contribution is 2.25. The molecule has 0 spiro atoms. The summed E-state index contributed by atoms with van der Waals surface area (Å²) in [6.45, 7) is 5.21. The highest BCUT2D eigenvalue weighted by Gasteiger charge is 2.21. The number of halogens is 1. The van der Waals surface area contributed by atoms with Gasteiger partial charge in [-0.2, -0.15) is 0 Å². The molecule has 0 saturated carbocycles. The van der Waals surface area contributed by atoms with Crippen LogP contribution in [-0.4, -0.2) is 35.9 Å². The van der Waals surface area contributed by atoms with Gasteiger partial charge in [0.15, 0.2) is 0 Å². The number of carbonyl (C=O) groups excluding carboxylic acids is 1. The molecular formula is C16H22ClNO5. The van der Waals surface area contributed by atoms with Crippen LogP contribution in [0.1, 0.15) is 32.8 Å². The fourth-order valence-corrected chi connectivity index (χ4v) is 2.26. The number of amides is 1. The third-order valence-electron chi connectivity index (χ3n) is 2.84. The van der Waals surface area contributed by atoms with E-state index in [1.165, 1.54) is 7.11 Å². The number of hydrogen-bond acceptors (Lipinski definition) is 4. The van der Waals surface area contributed by atoms with Crippen LogP contribution < -0.4 is 10.1 Å². The van der Waals surface area contributed by atoms with Crippen LogP contribution in [-0.2, 0) is 16.0 Å². The van der Waals surface area contributed by atoms with E-state index in [0.29, 0.717) is 17.2 Å². The van der Waals surface area contributed by atoms with Crippen LogP contribution >= 0.6 is 11.6 Å². The number of carboxylic acid groups (broad SMARTS) is 1. The van der Waals surface area contributed by atoms with Crippen molar-refractivity contribution in [3.05, 3.63) is 28.8 Å². The van der Waals surface area contributed by atoms with Gasteiger partial charge in [0, 0.05) is 6.04 Å². The Morgan fingerprint density at radius 3 is 2.48 bits per heavy atom. The monoisotopic (exact) mass is 343 g/mol. The summed E-state index contributed by atoms with van der Waals surface area (Å²) in [7, 11) is 1.51. The van der Waals surface area contributed by atoms with Gasteiger partial charge in [-0.05, 0) is 44.9 Å². The number of carboxylic acids is 1.